The van der Waals surface area contributed by atoms with E-state index in [-0.39, 0.29) is 36.6 Å². The van der Waals surface area contributed by atoms with Gasteiger partial charge in [0.25, 0.3) is 0 Å². The number of allylic oxidation sites excluding steroid dienone is 1. The number of amides is 2. The first kappa shape index (κ1) is 38.4. The van der Waals surface area contributed by atoms with Crippen molar-refractivity contribution in [1.82, 2.24) is 15.5 Å². The van der Waals surface area contributed by atoms with Crippen LogP contribution in [0.4, 0.5) is 0 Å². The lowest BCUT2D eigenvalue weighted by molar-refractivity contribution is -0.147. The molecule has 0 heterocycles. The van der Waals surface area contributed by atoms with Crippen molar-refractivity contribution in [2.24, 2.45) is 17.8 Å². The molecule has 2 amide bonds. The minimum Gasteiger partial charge on any atom is -0.392 e. The van der Waals surface area contributed by atoms with Crippen molar-refractivity contribution in [3.8, 4) is 0 Å². The lowest BCUT2D eigenvalue weighted by Crippen LogP contribution is -2.59. The summed E-state index contributed by atoms with van der Waals surface area (Å²) in [4.78, 5) is 40.9. The van der Waals surface area contributed by atoms with Crippen LogP contribution < -0.4 is 10.6 Å². The van der Waals surface area contributed by atoms with Crippen LogP contribution in [0.25, 0.3) is 0 Å². The number of nitrogens with one attached hydrogen (secondary N) is 2. The SMILES string of the molecule is CCCC.CCCCC(=O)C([C@H](O)[C@H](C)C/C=C/CO)N(C)C(=O)[C@@H](NC(=O)[C@H](CC(C)C)NC)C(C)C. The van der Waals surface area contributed by atoms with Crippen LogP contribution in [0, 0.1) is 17.8 Å². The first-order valence-electron chi connectivity index (χ1n) is 14.5. The molecule has 1 unspecified atom stereocenters. The van der Waals surface area contributed by atoms with Crippen LogP contribution >= 0.6 is 0 Å². The van der Waals surface area contributed by atoms with E-state index in [0.29, 0.717) is 25.2 Å². The maximum atomic E-state index is 13.5. The average molecular weight is 542 g/mol. The van der Waals surface area contributed by atoms with Crippen LogP contribution in [0.15, 0.2) is 12.2 Å². The van der Waals surface area contributed by atoms with Crippen molar-refractivity contribution >= 4 is 17.6 Å². The molecule has 0 radical (unpaired) electrons. The Hall–Kier alpha value is -1.77. The first-order chi connectivity index (χ1) is 17.8. The standard InChI is InChI=1S/C26H49N3O5.C4H10/c1-9-10-14-21(31)23(24(32)19(6)13-11-12-15-30)29(8)26(34)22(18(4)5)28-25(33)20(27-7)16-17(2)3;1-3-4-2/h11-12,17-20,22-24,27,30,32H,9-10,13-16H2,1-8H3,(H,28,33);3-4H2,1-2H3/b12-11+;/t19-,20+,22+,23?,24-;/m1./s1. The molecule has 8 nitrogen and oxygen atoms in total. The van der Waals surface area contributed by atoms with Gasteiger partial charge >= 0.3 is 0 Å². The molecule has 0 saturated carbocycles. The first-order valence-corrected chi connectivity index (χ1v) is 14.5. The van der Waals surface area contributed by atoms with E-state index in [1.54, 1.807) is 19.2 Å². The second kappa shape index (κ2) is 22.1. The molecule has 0 aliphatic heterocycles. The largest absolute Gasteiger partial charge is 0.392 e. The zero-order valence-electron chi connectivity index (χ0n) is 25.9. The van der Waals surface area contributed by atoms with E-state index in [1.807, 2.05) is 41.5 Å². The molecular weight excluding hydrogens is 482 g/mol. The molecule has 0 rings (SSSR count). The number of Topliss-reactive ketones (excluding diaryl/α,β-unsaturated/α-hetero) is 1. The Balaban J connectivity index is 0. The van der Waals surface area contributed by atoms with Crippen LogP contribution in [0.3, 0.4) is 0 Å². The number of hydrogen-bond acceptors (Lipinski definition) is 6. The van der Waals surface area contributed by atoms with Gasteiger partial charge in [-0.15, -0.1) is 0 Å². The van der Waals surface area contributed by atoms with Gasteiger partial charge in [-0.05, 0) is 44.1 Å². The molecule has 38 heavy (non-hydrogen) atoms. The van der Waals surface area contributed by atoms with E-state index in [1.165, 1.54) is 24.8 Å². The fourth-order valence-corrected chi connectivity index (χ4v) is 3.92. The van der Waals surface area contributed by atoms with E-state index in [0.717, 1.165) is 6.42 Å². The Morgan fingerprint density at radius 3 is 1.95 bits per heavy atom. The van der Waals surface area contributed by atoms with E-state index >= 15 is 0 Å². The zero-order valence-corrected chi connectivity index (χ0v) is 25.9. The van der Waals surface area contributed by atoms with Gasteiger partial charge < -0.3 is 25.7 Å². The normalized spacial score (nSPS) is 15.4. The Labute approximate surface area is 233 Å². The van der Waals surface area contributed by atoms with E-state index in [9.17, 15) is 19.5 Å². The third-order valence-corrected chi connectivity index (χ3v) is 6.66. The molecule has 0 aromatic rings. The number of hydrogen-bond donors (Lipinski definition) is 4. The number of carbonyl (C=O) groups excluding carboxylic acids is 3. The number of ketones is 1. The van der Waals surface area contributed by atoms with Gasteiger partial charge in [0.2, 0.25) is 11.8 Å². The monoisotopic (exact) mass is 541 g/mol. The van der Waals surface area contributed by atoms with Gasteiger partial charge in [-0.1, -0.05) is 86.8 Å². The van der Waals surface area contributed by atoms with Crippen molar-refractivity contribution in [2.75, 3.05) is 20.7 Å². The lowest BCUT2D eigenvalue weighted by atomic mass is 9.89. The van der Waals surface area contributed by atoms with Crippen LogP contribution in [-0.4, -0.2) is 77.6 Å². The number of unbranched alkanes of at least 4 members (excludes halogenated alkanes) is 2. The number of rotatable bonds is 18. The summed E-state index contributed by atoms with van der Waals surface area (Å²) >= 11 is 0. The number of aliphatic hydroxyl groups excluding tert-OH is 2. The van der Waals surface area contributed by atoms with E-state index in [2.05, 4.69) is 24.5 Å². The van der Waals surface area contributed by atoms with Crippen LogP contribution in [0.2, 0.25) is 0 Å². The molecule has 5 atom stereocenters. The van der Waals surface area contributed by atoms with Gasteiger partial charge in [-0.2, -0.15) is 0 Å². The number of aliphatic hydroxyl groups is 2. The molecule has 0 aromatic heterocycles. The fraction of sp³-hybridized carbons (Fsp3) is 0.833. The number of carbonyl (C=O) groups is 3. The molecule has 0 fully saturated rings. The molecule has 0 saturated heterocycles. The van der Waals surface area contributed by atoms with Gasteiger partial charge in [-0.3, -0.25) is 14.4 Å². The second-order valence-corrected chi connectivity index (χ2v) is 11.0. The van der Waals surface area contributed by atoms with Crippen molar-refractivity contribution < 1.29 is 24.6 Å². The number of nitrogens with zero attached hydrogens (tertiary/aromatic N) is 1. The summed E-state index contributed by atoms with van der Waals surface area (Å²) in [6.45, 7) is 15.8. The molecule has 0 aliphatic carbocycles. The highest BCUT2D eigenvalue weighted by atomic mass is 16.3. The van der Waals surface area contributed by atoms with E-state index in [4.69, 9.17) is 5.11 Å². The Morgan fingerprint density at radius 1 is 0.947 bits per heavy atom. The smallest absolute Gasteiger partial charge is 0.245 e. The molecule has 224 valence electrons. The van der Waals surface area contributed by atoms with Crippen LogP contribution in [-0.2, 0) is 14.4 Å². The topological polar surface area (TPSA) is 119 Å². The molecular formula is C30H59N3O5. The van der Waals surface area contributed by atoms with Crippen molar-refractivity contribution in [2.45, 2.75) is 125 Å². The quantitative estimate of drug-likeness (QED) is 0.194. The molecule has 0 bridgehead atoms. The Bertz CT molecular complexity index is 679. The summed E-state index contributed by atoms with van der Waals surface area (Å²) in [7, 11) is 3.25. The third-order valence-electron chi connectivity index (χ3n) is 6.66. The summed E-state index contributed by atoms with van der Waals surface area (Å²) in [6, 6.07) is -2.26. The summed E-state index contributed by atoms with van der Waals surface area (Å²) in [6.07, 6.45) is 7.77. The van der Waals surface area contributed by atoms with Crippen LogP contribution in [0.1, 0.15) is 100 Å². The minimum absolute atomic E-state index is 0.0970. The maximum Gasteiger partial charge on any atom is 0.245 e. The highest BCUT2D eigenvalue weighted by molar-refractivity contribution is 5.94. The molecule has 0 spiro atoms. The molecule has 0 aromatic carbocycles. The summed E-state index contributed by atoms with van der Waals surface area (Å²) in [5, 5.41) is 25.9. The van der Waals surface area contributed by atoms with E-state index < -0.39 is 30.1 Å². The van der Waals surface area contributed by atoms with Crippen LogP contribution in [0.5, 0.6) is 0 Å². The fourth-order valence-electron chi connectivity index (χ4n) is 3.92. The van der Waals surface area contributed by atoms with Crippen molar-refractivity contribution in [3.05, 3.63) is 12.2 Å². The van der Waals surface area contributed by atoms with Gasteiger partial charge in [0.05, 0.1) is 18.8 Å². The van der Waals surface area contributed by atoms with Crippen molar-refractivity contribution in [3.63, 3.8) is 0 Å². The maximum absolute atomic E-state index is 13.5. The second-order valence-electron chi connectivity index (χ2n) is 11.0. The van der Waals surface area contributed by atoms with Gasteiger partial charge in [0.15, 0.2) is 5.78 Å². The Kier molecular flexibility index (Phi) is 22.3. The summed E-state index contributed by atoms with van der Waals surface area (Å²) in [5.41, 5.74) is 0. The summed E-state index contributed by atoms with van der Waals surface area (Å²) in [5.74, 6) is -1.05. The minimum atomic E-state index is -1.07. The summed E-state index contributed by atoms with van der Waals surface area (Å²) < 4.78 is 0. The highest BCUT2D eigenvalue weighted by Crippen LogP contribution is 2.21. The van der Waals surface area contributed by atoms with Crippen molar-refractivity contribution in [1.29, 1.82) is 0 Å². The predicted octanol–water partition coefficient (Wildman–Crippen LogP) is 4.09. The van der Waals surface area contributed by atoms with Gasteiger partial charge in [0.1, 0.15) is 12.1 Å². The average Bonchev–Trinajstić information content (AvgIpc) is 2.88. The third kappa shape index (κ3) is 15.0. The molecule has 0 aliphatic rings. The Morgan fingerprint density at radius 2 is 1.53 bits per heavy atom. The molecule has 8 heteroatoms. The molecule has 4 N–H and O–H groups in total. The number of likely N-dealkylation sites (N-methyl/N-ethyl adjacent to an activating group) is 2. The highest BCUT2D eigenvalue weighted by Gasteiger charge is 2.39. The van der Waals surface area contributed by atoms with Gasteiger partial charge in [-0.25, -0.2) is 0 Å². The predicted molar refractivity (Wildman–Crippen MR) is 157 cm³/mol. The lowest BCUT2D eigenvalue weighted by Gasteiger charge is -2.37. The zero-order chi connectivity index (χ0) is 29.8. The van der Waals surface area contributed by atoms with Gasteiger partial charge in [0, 0.05) is 13.5 Å².